The minimum absolute atomic E-state index is 0.635. The van der Waals surface area contributed by atoms with E-state index in [4.69, 9.17) is 0 Å². The fourth-order valence-electron chi connectivity index (χ4n) is 2.20. The van der Waals surface area contributed by atoms with Gasteiger partial charge in [-0.25, -0.2) is 4.98 Å². The summed E-state index contributed by atoms with van der Waals surface area (Å²) in [7, 11) is 0. The maximum Gasteiger partial charge on any atom is 0.146 e. The van der Waals surface area contributed by atoms with Crippen molar-refractivity contribution in [3.8, 4) is 0 Å². The molecule has 0 aromatic carbocycles. The van der Waals surface area contributed by atoms with Crippen LogP contribution in [0.5, 0.6) is 0 Å². The van der Waals surface area contributed by atoms with Gasteiger partial charge < -0.3 is 4.57 Å². The molecule has 0 fully saturated rings. The summed E-state index contributed by atoms with van der Waals surface area (Å²) in [6, 6.07) is 7.87. The van der Waals surface area contributed by atoms with E-state index in [2.05, 4.69) is 53.8 Å². The molecule has 106 valence electrons. The van der Waals surface area contributed by atoms with Crippen LogP contribution in [0.1, 0.15) is 30.8 Å². The third kappa shape index (κ3) is 3.47. The zero-order valence-corrected chi connectivity index (χ0v) is 12.6. The highest BCUT2D eigenvalue weighted by Crippen LogP contribution is 2.15. The predicted octanol–water partition coefficient (Wildman–Crippen LogP) is 3.60. The zero-order valence-electron chi connectivity index (χ0n) is 12.6. The van der Waals surface area contributed by atoms with Gasteiger partial charge in [-0.15, -0.1) is 0 Å². The summed E-state index contributed by atoms with van der Waals surface area (Å²) < 4.78 is 2.34. The monoisotopic (exact) mass is 270 g/mol. The van der Waals surface area contributed by atoms with E-state index in [1.165, 1.54) is 11.4 Å². The Kier molecular flexibility index (Phi) is 4.56. The molecule has 0 spiro atoms. The summed E-state index contributed by atoms with van der Waals surface area (Å²) >= 11 is 0. The lowest BCUT2D eigenvalue weighted by Gasteiger charge is -2.11. The van der Waals surface area contributed by atoms with Crippen molar-refractivity contribution in [1.29, 1.82) is 0 Å². The van der Waals surface area contributed by atoms with Crippen LogP contribution in [0.2, 0.25) is 0 Å². The summed E-state index contributed by atoms with van der Waals surface area (Å²) in [6.07, 6.45) is 3.60. The average Bonchev–Trinajstić information content (AvgIpc) is 2.67. The molecule has 2 aromatic heterocycles. The van der Waals surface area contributed by atoms with Crippen LogP contribution < -0.4 is 5.43 Å². The Morgan fingerprint density at radius 2 is 2.15 bits per heavy atom. The number of hydrogen-bond donors (Lipinski definition) is 1. The molecular weight excluding hydrogens is 248 g/mol. The molecule has 0 aliphatic rings. The van der Waals surface area contributed by atoms with Crippen LogP contribution in [0.4, 0.5) is 5.82 Å². The standard InChI is InChI=1S/C16H22N4/c1-12(2)11-20-13(3)9-15(14(20)4)10-18-19-16-7-5-6-8-17-16/h5-10,12H,11H2,1-4H3,(H,17,19)/b18-10-. The maximum absolute atomic E-state index is 4.26. The summed E-state index contributed by atoms with van der Waals surface area (Å²) in [5.41, 5.74) is 6.61. The normalized spacial score (nSPS) is 11.4. The minimum atomic E-state index is 0.635. The Morgan fingerprint density at radius 1 is 1.35 bits per heavy atom. The SMILES string of the molecule is Cc1cc(/C=N\Nc2ccccn2)c(C)n1CC(C)C. The maximum atomic E-state index is 4.26. The lowest BCUT2D eigenvalue weighted by molar-refractivity contribution is 0.509. The Morgan fingerprint density at radius 3 is 2.80 bits per heavy atom. The van der Waals surface area contributed by atoms with E-state index in [0.29, 0.717) is 5.92 Å². The number of aromatic nitrogens is 2. The second-order valence-corrected chi connectivity index (χ2v) is 5.42. The lowest BCUT2D eigenvalue weighted by atomic mass is 10.2. The molecule has 0 saturated heterocycles. The third-order valence-electron chi connectivity index (χ3n) is 3.21. The van der Waals surface area contributed by atoms with E-state index < -0.39 is 0 Å². The Balaban J connectivity index is 2.10. The van der Waals surface area contributed by atoms with Crippen molar-refractivity contribution >= 4 is 12.0 Å². The van der Waals surface area contributed by atoms with Gasteiger partial charge in [0.15, 0.2) is 0 Å². The number of nitrogens with zero attached hydrogens (tertiary/aromatic N) is 3. The van der Waals surface area contributed by atoms with Crippen LogP contribution in [0, 0.1) is 19.8 Å². The second kappa shape index (κ2) is 6.37. The molecule has 2 rings (SSSR count). The Hall–Kier alpha value is -2.10. The van der Waals surface area contributed by atoms with Gasteiger partial charge in [0.1, 0.15) is 5.82 Å². The van der Waals surface area contributed by atoms with E-state index in [-0.39, 0.29) is 0 Å². The van der Waals surface area contributed by atoms with Crippen LogP contribution in [-0.2, 0) is 6.54 Å². The second-order valence-electron chi connectivity index (χ2n) is 5.42. The molecular formula is C16H22N4. The van der Waals surface area contributed by atoms with Gasteiger partial charge in [0.2, 0.25) is 0 Å². The van der Waals surface area contributed by atoms with Gasteiger partial charge in [-0.3, -0.25) is 5.43 Å². The van der Waals surface area contributed by atoms with Crippen molar-refractivity contribution in [2.45, 2.75) is 34.2 Å². The number of anilines is 1. The molecule has 0 unspecified atom stereocenters. The average molecular weight is 270 g/mol. The molecule has 0 radical (unpaired) electrons. The number of rotatable bonds is 5. The van der Waals surface area contributed by atoms with Crippen molar-refractivity contribution in [3.05, 3.63) is 47.4 Å². The molecule has 2 aromatic rings. The van der Waals surface area contributed by atoms with E-state index in [0.717, 1.165) is 17.9 Å². The first kappa shape index (κ1) is 14.3. The van der Waals surface area contributed by atoms with Crippen LogP contribution in [0.15, 0.2) is 35.6 Å². The van der Waals surface area contributed by atoms with E-state index in [1.807, 2.05) is 24.4 Å². The summed E-state index contributed by atoms with van der Waals surface area (Å²) in [4.78, 5) is 4.16. The van der Waals surface area contributed by atoms with Crippen molar-refractivity contribution in [1.82, 2.24) is 9.55 Å². The summed E-state index contributed by atoms with van der Waals surface area (Å²) in [5.74, 6) is 1.39. The van der Waals surface area contributed by atoms with Crippen molar-refractivity contribution in [3.63, 3.8) is 0 Å². The zero-order chi connectivity index (χ0) is 14.5. The number of aryl methyl sites for hydroxylation is 1. The van der Waals surface area contributed by atoms with E-state index >= 15 is 0 Å². The number of pyridine rings is 1. The Bertz CT molecular complexity index is 582. The lowest BCUT2D eigenvalue weighted by Crippen LogP contribution is -2.08. The first-order valence-electron chi connectivity index (χ1n) is 6.94. The summed E-state index contributed by atoms with van der Waals surface area (Å²) in [5, 5.41) is 4.26. The van der Waals surface area contributed by atoms with Crippen LogP contribution in [0.3, 0.4) is 0 Å². The first-order chi connectivity index (χ1) is 9.58. The van der Waals surface area contributed by atoms with Crippen LogP contribution in [-0.4, -0.2) is 15.8 Å². The number of nitrogens with one attached hydrogen (secondary N) is 1. The quantitative estimate of drug-likeness (QED) is 0.666. The molecule has 0 aliphatic carbocycles. The highest BCUT2D eigenvalue weighted by molar-refractivity contribution is 5.82. The molecule has 4 nitrogen and oxygen atoms in total. The third-order valence-corrected chi connectivity index (χ3v) is 3.21. The van der Waals surface area contributed by atoms with Crippen molar-refractivity contribution < 1.29 is 0 Å². The van der Waals surface area contributed by atoms with Crippen molar-refractivity contribution in [2.24, 2.45) is 11.0 Å². The number of hydrogen-bond acceptors (Lipinski definition) is 3. The van der Waals surface area contributed by atoms with Gasteiger partial charge in [-0.1, -0.05) is 19.9 Å². The van der Waals surface area contributed by atoms with E-state index in [9.17, 15) is 0 Å². The molecule has 1 N–H and O–H groups in total. The molecule has 2 heterocycles. The van der Waals surface area contributed by atoms with Gasteiger partial charge >= 0.3 is 0 Å². The highest BCUT2D eigenvalue weighted by atomic mass is 15.3. The largest absolute Gasteiger partial charge is 0.348 e. The molecule has 20 heavy (non-hydrogen) atoms. The molecule has 0 atom stereocenters. The van der Waals surface area contributed by atoms with Gasteiger partial charge in [0, 0.05) is 29.7 Å². The molecule has 0 aliphatic heterocycles. The predicted molar refractivity (Wildman–Crippen MR) is 84.2 cm³/mol. The van der Waals surface area contributed by atoms with Gasteiger partial charge in [-0.05, 0) is 38.0 Å². The molecule has 0 saturated carbocycles. The van der Waals surface area contributed by atoms with Gasteiger partial charge in [0.05, 0.1) is 6.21 Å². The highest BCUT2D eigenvalue weighted by Gasteiger charge is 2.08. The van der Waals surface area contributed by atoms with Crippen LogP contribution in [0.25, 0.3) is 0 Å². The fraction of sp³-hybridized carbons (Fsp3) is 0.375. The fourth-order valence-corrected chi connectivity index (χ4v) is 2.20. The number of hydrazone groups is 1. The van der Waals surface area contributed by atoms with Gasteiger partial charge in [0.25, 0.3) is 0 Å². The molecule has 0 amide bonds. The van der Waals surface area contributed by atoms with Gasteiger partial charge in [-0.2, -0.15) is 5.10 Å². The Labute approximate surface area is 120 Å². The van der Waals surface area contributed by atoms with E-state index in [1.54, 1.807) is 6.20 Å². The topological polar surface area (TPSA) is 42.2 Å². The molecule has 0 bridgehead atoms. The van der Waals surface area contributed by atoms with Crippen molar-refractivity contribution in [2.75, 3.05) is 5.43 Å². The summed E-state index contributed by atoms with van der Waals surface area (Å²) in [6.45, 7) is 9.78. The minimum Gasteiger partial charge on any atom is -0.348 e. The first-order valence-corrected chi connectivity index (χ1v) is 6.94. The smallest absolute Gasteiger partial charge is 0.146 e. The van der Waals surface area contributed by atoms with Crippen LogP contribution >= 0.6 is 0 Å². The molecule has 4 heteroatoms.